The SMILES string of the molecule is COc1ccc(CN2C(=O)C(Nc3ccc4c(c3)OCCO4)=C(c3ccc(C)cc3)C2=O)cc1. The molecule has 0 saturated heterocycles. The lowest BCUT2D eigenvalue weighted by molar-refractivity contribution is -0.137. The Morgan fingerprint density at radius 2 is 1.59 bits per heavy atom. The average molecular weight is 456 g/mol. The number of ether oxygens (including phenoxy) is 3. The third-order valence-electron chi connectivity index (χ3n) is 5.82. The van der Waals surface area contributed by atoms with Crippen LogP contribution in [0.3, 0.4) is 0 Å². The minimum absolute atomic E-state index is 0.156. The second kappa shape index (κ2) is 8.94. The van der Waals surface area contributed by atoms with Crippen molar-refractivity contribution in [1.82, 2.24) is 4.90 Å². The Hall–Kier alpha value is -4.26. The van der Waals surface area contributed by atoms with Crippen LogP contribution in [0.15, 0.2) is 72.4 Å². The monoisotopic (exact) mass is 456 g/mol. The van der Waals surface area contributed by atoms with Gasteiger partial charge < -0.3 is 19.5 Å². The Balaban J connectivity index is 1.49. The lowest BCUT2D eigenvalue weighted by Crippen LogP contribution is -2.32. The van der Waals surface area contributed by atoms with Crippen molar-refractivity contribution < 1.29 is 23.8 Å². The van der Waals surface area contributed by atoms with E-state index in [1.165, 1.54) is 4.90 Å². The molecular weight excluding hydrogens is 432 g/mol. The fraction of sp³-hybridized carbons (Fsp3) is 0.185. The number of hydrogen-bond acceptors (Lipinski definition) is 6. The fourth-order valence-electron chi connectivity index (χ4n) is 4.00. The van der Waals surface area contributed by atoms with Crippen LogP contribution in [0.4, 0.5) is 5.69 Å². The fourth-order valence-corrected chi connectivity index (χ4v) is 4.00. The first-order valence-electron chi connectivity index (χ1n) is 11.0. The molecule has 0 radical (unpaired) electrons. The summed E-state index contributed by atoms with van der Waals surface area (Å²) in [7, 11) is 1.59. The number of benzene rings is 3. The molecule has 0 unspecified atom stereocenters. The Kier molecular flexibility index (Phi) is 5.67. The van der Waals surface area contributed by atoms with Crippen molar-refractivity contribution in [2.75, 3.05) is 25.6 Å². The lowest BCUT2D eigenvalue weighted by atomic mass is 10.0. The van der Waals surface area contributed by atoms with E-state index in [1.807, 2.05) is 55.5 Å². The van der Waals surface area contributed by atoms with Crippen LogP contribution in [0, 0.1) is 6.92 Å². The van der Waals surface area contributed by atoms with Gasteiger partial charge in [-0.25, -0.2) is 0 Å². The van der Waals surface area contributed by atoms with Gasteiger partial charge >= 0.3 is 0 Å². The molecular formula is C27H24N2O5. The van der Waals surface area contributed by atoms with Crippen molar-refractivity contribution in [3.63, 3.8) is 0 Å². The van der Waals surface area contributed by atoms with E-state index in [9.17, 15) is 9.59 Å². The van der Waals surface area contributed by atoms with Gasteiger partial charge in [-0.15, -0.1) is 0 Å². The number of nitrogens with one attached hydrogen (secondary N) is 1. The highest BCUT2D eigenvalue weighted by molar-refractivity contribution is 6.36. The van der Waals surface area contributed by atoms with Crippen LogP contribution in [0.1, 0.15) is 16.7 Å². The van der Waals surface area contributed by atoms with Gasteiger partial charge in [-0.1, -0.05) is 42.0 Å². The number of methoxy groups -OCH3 is 1. The maximum Gasteiger partial charge on any atom is 0.278 e. The third kappa shape index (κ3) is 4.08. The zero-order valence-corrected chi connectivity index (χ0v) is 19.0. The molecule has 5 rings (SSSR count). The number of rotatable bonds is 6. The molecule has 3 aromatic carbocycles. The predicted octanol–water partition coefficient (Wildman–Crippen LogP) is 4.17. The van der Waals surface area contributed by atoms with Crippen molar-refractivity contribution >= 4 is 23.1 Å². The zero-order chi connectivity index (χ0) is 23.7. The highest BCUT2D eigenvalue weighted by atomic mass is 16.6. The van der Waals surface area contributed by atoms with E-state index >= 15 is 0 Å². The summed E-state index contributed by atoms with van der Waals surface area (Å²) in [5.41, 5.74) is 3.79. The van der Waals surface area contributed by atoms with Gasteiger partial charge in [0.2, 0.25) is 0 Å². The number of nitrogens with zero attached hydrogens (tertiary/aromatic N) is 1. The molecule has 0 bridgehead atoms. The van der Waals surface area contributed by atoms with Crippen LogP contribution in [0.2, 0.25) is 0 Å². The van der Waals surface area contributed by atoms with E-state index in [2.05, 4.69) is 5.32 Å². The van der Waals surface area contributed by atoms with Gasteiger partial charge in [-0.05, 0) is 42.3 Å². The molecule has 3 aromatic rings. The summed E-state index contributed by atoms with van der Waals surface area (Å²) in [4.78, 5) is 28.3. The topological polar surface area (TPSA) is 77.1 Å². The average Bonchev–Trinajstić information content (AvgIpc) is 3.09. The van der Waals surface area contributed by atoms with E-state index in [0.717, 1.165) is 11.1 Å². The summed E-state index contributed by atoms with van der Waals surface area (Å²) < 4.78 is 16.5. The number of fused-ring (bicyclic) bond motifs is 1. The molecule has 2 aliphatic rings. The number of amides is 2. The molecule has 0 aliphatic carbocycles. The Morgan fingerprint density at radius 3 is 2.29 bits per heavy atom. The van der Waals surface area contributed by atoms with Crippen molar-refractivity contribution in [3.8, 4) is 17.2 Å². The molecule has 34 heavy (non-hydrogen) atoms. The lowest BCUT2D eigenvalue weighted by Gasteiger charge is -2.19. The zero-order valence-electron chi connectivity index (χ0n) is 19.0. The quantitative estimate of drug-likeness (QED) is 0.561. The summed E-state index contributed by atoms with van der Waals surface area (Å²) in [6.07, 6.45) is 0. The number of aryl methyl sites for hydroxylation is 1. The summed E-state index contributed by atoms with van der Waals surface area (Å²) in [6.45, 7) is 3.09. The number of carbonyl (C=O) groups is 2. The normalized spacial score (nSPS) is 15.1. The molecule has 172 valence electrons. The minimum atomic E-state index is -0.383. The second-order valence-electron chi connectivity index (χ2n) is 8.14. The first-order chi connectivity index (χ1) is 16.5. The largest absolute Gasteiger partial charge is 0.497 e. The summed E-state index contributed by atoms with van der Waals surface area (Å²) in [6, 6.07) is 20.2. The molecule has 0 fully saturated rings. The minimum Gasteiger partial charge on any atom is -0.497 e. The van der Waals surface area contributed by atoms with Crippen LogP contribution < -0.4 is 19.5 Å². The molecule has 0 aromatic heterocycles. The second-order valence-corrected chi connectivity index (χ2v) is 8.14. The van der Waals surface area contributed by atoms with Crippen LogP contribution in [-0.2, 0) is 16.1 Å². The van der Waals surface area contributed by atoms with Crippen molar-refractivity contribution in [2.45, 2.75) is 13.5 Å². The van der Waals surface area contributed by atoms with Crippen LogP contribution in [0.5, 0.6) is 17.2 Å². The van der Waals surface area contributed by atoms with Gasteiger partial charge in [0.05, 0.1) is 19.2 Å². The Bertz CT molecular complexity index is 1280. The standard InChI is InChI=1S/C27H24N2O5/c1-17-3-7-19(8-4-17)24-25(28-20-9-12-22-23(15-20)34-14-13-33-22)27(31)29(26(24)30)16-18-5-10-21(32-2)11-6-18/h3-12,15,28H,13-14,16H2,1-2H3. The Morgan fingerprint density at radius 1 is 0.882 bits per heavy atom. The summed E-state index contributed by atoms with van der Waals surface area (Å²) >= 11 is 0. The van der Waals surface area contributed by atoms with Crippen molar-refractivity contribution in [3.05, 3.63) is 89.1 Å². The van der Waals surface area contributed by atoms with Gasteiger partial charge in [0.1, 0.15) is 24.7 Å². The van der Waals surface area contributed by atoms with E-state index in [4.69, 9.17) is 14.2 Å². The van der Waals surface area contributed by atoms with E-state index in [0.29, 0.717) is 47.3 Å². The predicted molar refractivity (Wildman–Crippen MR) is 128 cm³/mol. The van der Waals surface area contributed by atoms with E-state index < -0.39 is 0 Å². The molecule has 7 heteroatoms. The van der Waals surface area contributed by atoms with Gasteiger partial charge in [0.25, 0.3) is 11.8 Å². The highest BCUT2D eigenvalue weighted by Crippen LogP contribution is 2.36. The number of carbonyl (C=O) groups excluding carboxylic acids is 2. The smallest absolute Gasteiger partial charge is 0.278 e. The van der Waals surface area contributed by atoms with Crippen molar-refractivity contribution in [1.29, 1.82) is 0 Å². The van der Waals surface area contributed by atoms with Crippen LogP contribution >= 0.6 is 0 Å². The molecule has 0 spiro atoms. The number of hydrogen-bond donors (Lipinski definition) is 1. The molecule has 2 amide bonds. The first-order valence-corrected chi connectivity index (χ1v) is 11.0. The number of imide groups is 1. The third-order valence-corrected chi connectivity index (χ3v) is 5.82. The summed E-state index contributed by atoms with van der Waals surface area (Å²) in [5, 5.41) is 3.18. The van der Waals surface area contributed by atoms with E-state index in [1.54, 1.807) is 25.3 Å². The van der Waals surface area contributed by atoms with Gasteiger partial charge in [0.15, 0.2) is 11.5 Å². The van der Waals surface area contributed by atoms with E-state index in [-0.39, 0.29) is 24.1 Å². The molecule has 0 saturated carbocycles. The number of anilines is 1. The molecule has 7 nitrogen and oxygen atoms in total. The Labute approximate surface area is 197 Å². The maximum atomic E-state index is 13.5. The van der Waals surface area contributed by atoms with Crippen molar-refractivity contribution in [2.24, 2.45) is 0 Å². The van der Waals surface area contributed by atoms with Gasteiger partial charge in [-0.3, -0.25) is 14.5 Å². The van der Waals surface area contributed by atoms with Gasteiger partial charge in [-0.2, -0.15) is 0 Å². The first kappa shape index (κ1) is 21.6. The highest BCUT2D eigenvalue weighted by Gasteiger charge is 2.39. The molecule has 0 atom stereocenters. The van der Waals surface area contributed by atoms with Gasteiger partial charge in [0, 0.05) is 11.8 Å². The van der Waals surface area contributed by atoms with Crippen LogP contribution in [0.25, 0.3) is 5.57 Å². The molecule has 2 aliphatic heterocycles. The molecule has 1 N–H and O–H groups in total. The van der Waals surface area contributed by atoms with Crippen LogP contribution in [-0.4, -0.2) is 37.0 Å². The molecule has 2 heterocycles. The maximum absolute atomic E-state index is 13.5. The summed E-state index contributed by atoms with van der Waals surface area (Å²) in [5.74, 6) is 1.23.